The molecule has 1 aromatic carbocycles. The van der Waals surface area contributed by atoms with Gasteiger partial charge in [0.05, 0.1) is 0 Å². The first-order chi connectivity index (χ1) is 11.2. The van der Waals surface area contributed by atoms with Crippen LogP contribution in [0.4, 0.5) is 0 Å². The van der Waals surface area contributed by atoms with E-state index >= 15 is 0 Å². The Labute approximate surface area is 157 Å². The summed E-state index contributed by atoms with van der Waals surface area (Å²) in [6, 6.07) is 9.02. The summed E-state index contributed by atoms with van der Waals surface area (Å²) in [6.07, 6.45) is 11.1. The van der Waals surface area contributed by atoms with Crippen molar-refractivity contribution in [3.63, 3.8) is 0 Å². The third kappa shape index (κ3) is 3.53. The summed E-state index contributed by atoms with van der Waals surface area (Å²) < 4.78 is 5.83. The minimum absolute atomic E-state index is 0.176. The zero-order chi connectivity index (χ0) is 16.3. The molecule has 1 nitrogen and oxygen atoms in total. The van der Waals surface area contributed by atoms with Gasteiger partial charge in [0, 0.05) is 0 Å². The van der Waals surface area contributed by atoms with Crippen molar-refractivity contribution in [1.82, 2.24) is 0 Å². The second-order valence-electron chi connectivity index (χ2n) is 7.12. The monoisotopic (exact) mass is 445 g/mol. The van der Waals surface area contributed by atoms with Crippen LogP contribution < -0.4 is 10.0 Å². The van der Waals surface area contributed by atoms with Gasteiger partial charge in [0.1, 0.15) is 0 Å². The first-order valence-electron chi connectivity index (χ1n) is 9.17. The zero-order valence-corrected chi connectivity index (χ0v) is 17.3. The van der Waals surface area contributed by atoms with Gasteiger partial charge in [0.15, 0.2) is 0 Å². The molecule has 0 aliphatic heterocycles. The van der Waals surface area contributed by atoms with E-state index in [4.69, 9.17) is 16.3 Å². The van der Waals surface area contributed by atoms with Gasteiger partial charge in [-0.2, -0.15) is 0 Å². The number of hydrogen-bond acceptors (Lipinski definition) is 1. The summed E-state index contributed by atoms with van der Waals surface area (Å²) in [7, 11) is -1.79. The molecule has 0 aromatic heterocycles. The van der Waals surface area contributed by atoms with E-state index in [1.165, 1.54) is 51.4 Å². The molecule has 3 rings (SSSR count). The topological polar surface area (TPSA) is 9.23 Å². The number of ether oxygens (including phenoxy) is 1. The molecule has 1 atom stereocenters. The van der Waals surface area contributed by atoms with Crippen molar-refractivity contribution in [3.05, 3.63) is 24.3 Å². The summed E-state index contributed by atoms with van der Waals surface area (Å²) >= 11 is 10.5. The van der Waals surface area contributed by atoms with Crippen molar-refractivity contribution >= 4 is 24.2 Å². The quantitative estimate of drug-likeness (QED) is 0.323. The van der Waals surface area contributed by atoms with Crippen LogP contribution in [-0.2, 0) is 19.2 Å². The molecule has 0 saturated heterocycles. The third-order valence-corrected chi connectivity index (χ3v) is 15.2. The van der Waals surface area contributed by atoms with Crippen molar-refractivity contribution in [2.24, 2.45) is 0 Å². The standard InChI is InChI=1S/C19H29ClOP.Pd/c1-2-21-16-11-13-19(14-12-16)22(15-20,17-7-3-4-8-17)18-9-5-6-10-18;/h11-15,17-18,22H,2-10H2,1H3;. The Hall–Kier alpha value is 0.402. The fourth-order valence-corrected chi connectivity index (χ4v) is 15.5. The van der Waals surface area contributed by atoms with Gasteiger partial charge in [0.25, 0.3) is 0 Å². The number of hydrogen-bond donors (Lipinski definition) is 0. The van der Waals surface area contributed by atoms with E-state index in [0.717, 1.165) is 23.7 Å². The minimum atomic E-state index is -1.79. The van der Waals surface area contributed by atoms with Gasteiger partial charge in [-0.15, -0.1) is 0 Å². The van der Waals surface area contributed by atoms with Gasteiger partial charge in [-0.3, -0.25) is 0 Å². The number of halogens is 1. The molecule has 133 valence electrons. The first kappa shape index (κ1) is 18.2. The van der Waals surface area contributed by atoms with Crippen molar-refractivity contribution in [1.29, 1.82) is 0 Å². The molecule has 1 aromatic rings. The van der Waals surface area contributed by atoms with Crippen LogP contribution >= 0.6 is 18.9 Å². The molecule has 0 bridgehead atoms. The predicted molar refractivity (Wildman–Crippen MR) is 99.7 cm³/mol. The van der Waals surface area contributed by atoms with E-state index in [0.29, 0.717) is 0 Å². The van der Waals surface area contributed by atoms with Crippen molar-refractivity contribution < 1.29 is 23.9 Å². The SMILES string of the molecule is CCOc1ccc([PH]([CH](Cl)[Pd])(C2CCCC2)C2CCCC2)cc1. The fraction of sp³-hybridized carbons (Fsp3) is 0.684. The first-order valence-corrected chi connectivity index (χ1v) is 12.7. The summed E-state index contributed by atoms with van der Waals surface area (Å²) in [5, 5.41) is 1.56. The van der Waals surface area contributed by atoms with Crippen LogP contribution in [0, 0.1) is 0 Å². The molecule has 1 unspecified atom stereocenters. The van der Waals surface area contributed by atoms with E-state index in [9.17, 15) is 0 Å². The van der Waals surface area contributed by atoms with E-state index in [2.05, 4.69) is 43.5 Å². The van der Waals surface area contributed by atoms with Crippen LogP contribution in [0.2, 0.25) is 0 Å². The average Bonchev–Trinajstić information content (AvgIpc) is 3.24. The van der Waals surface area contributed by atoms with Gasteiger partial charge >= 0.3 is 158 Å². The molecule has 0 amide bonds. The van der Waals surface area contributed by atoms with Crippen LogP contribution in [0.1, 0.15) is 58.3 Å². The molecule has 0 spiro atoms. The van der Waals surface area contributed by atoms with Crippen LogP contribution in [-0.4, -0.2) is 21.5 Å². The summed E-state index contributed by atoms with van der Waals surface area (Å²) in [5.74, 6) is 0.987. The Kier molecular flexibility index (Phi) is 6.48. The number of rotatable bonds is 6. The Morgan fingerprint density at radius 1 is 1.04 bits per heavy atom. The maximum atomic E-state index is 6.96. The van der Waals surface area contributed by atoms with Crippen LogP contribution in [0.3, 0.4) is 0 Å². The molecular weight excluding hydrogens is 417 g/mol. The van der Waals surface area contributed by atoms with Gasteiger partial charge in [0.2, 0.25) is 0 Å². The van der Waals surface area contributed by atoms with E-state index in [1.54, 1.807) is 5.30 Å². The van der Waals surface area contributed by atoms with Gasteiger partial charge in [-0.25, -0.2) is 0 Å². The van der Waals surface area contributed by atoms with Crippen molar-refractivity contribution in [2.45, 2.75) is 73.2 Å². The van der Waals surface area contributed by atoms with Gasteiger partial charge in [-0.1, -0.05) is 0 Å². The molecule has 4 heteroatoms. The number of benzene rings is 1. The summed E-state index contributed by atoms with van der Waals surface area (Å²) in [4.78, 5) is 0. The molecule has 2 fully saturated rings. The van der Waals surface area contributed by atoms with Crippen molar-refractivity contribution in [2.75, 3.05) is 6.61 Å². The van der Waals surface area contributed by atoms with Crippen molar-refractivity contribution in [3.8, 4) is 5.75 Å². The van der Waals surface area contributed by atoms with E-state index in [-0.39, 0.29) is 3.59 Å². The third-order valence-electron chi connectivity index (χ3n) is 6.06. The fourth-order valence-electron chi connectivity index (χ4n) is 5.06. The van der Waals surface area contributed by atoms with Gasteiger partial charge in [-0.05, 0) is 0 Å². The second kappa shape index (κ2) is 8.19. The molecule has 0 heterocycles. The molecule has 0 radical (unpaired) electrons. The Bertz CT molecular complexity index is 477. The van der Waals surface area contributed by atoms with E-state index < -0.39 is 7.26 Å². The average molecular weight is 446 g/mol. The maximum absolute atomic E-state index is 6.96. The van der Waals surface area contributed by atoms with E-state index in [1.807, 2.05) is 6.92 Å². The van der Waals surface area contributed by atoms with Crippen LogP contribution in [0.15, 0.2) is 24.3 Å². The molecule has 2 saturated carbocycles. The van der Waals surface area contributed by atoms with Gasteiger partial charge < -0.3 is 0 Å². The second-order valence-corrected chi connectivity index (χ2v) is 14.8. The molecule has 2 aliphatic carbocycles. The molecule has 0 N–H and O–H groups in total. The molecular formula is C19H29ClOPPd. The Balaban J connectivity index is 2.01. The zero-order valence-electron chi connectivity index (χ0n) is 14.0. The number of alkyl halides is 1. The molecule has 2 aliphatic rings. The molecule has 23 heavy (non-hydrogen) atoms. The normalized spacial score (nSPS) is 22.4. The predicted octanol–water partition coefficient (Wildman–Crippen LogP) is 5.41. The Morgan fingerprint density at radius 3 is 1.91 bits per heavy atom. The summed E-state index contributed by atoms with van der Waals surface area (Å²) in [5.41, 5.74) is 1.70. The summed E-state index contributed by atoms with van der Waals surface area (Å²) in [6.45, 7) is 2.77. The van der Waals surface area contributed by atoms with Crippen LogP contribution in [0.25, 0.3) is 0 Å². The van der Waals surface area contributed by atoms with Crippen LogP contribution in [0.5, 0.6) is 5.75 Å². The Morgan fingerprint density at radius 2 is 1.52 bits per heavy atom.